The molecule has 3 aromatic rings. The van der Waals surface area contributed by atoms with Crippen molar-refractivity contribution >= 4 is 28.8 Å². The second-order valence-corrected chi connectivity index (χ2v) is 7.81. The van der Waals surface area contributed by atoms with E-state index >= 15 is 0 Å². The van der Waals surface area contributed by atoms with Gasteiger partial charge in [-0.25, -0.2) is 0 Å². The highest BCUT2D eigenvalue weighted by atomic mass is 35.5. The molecule has 1 aliphatic heterocycles. The minimum absolute atomic E-state index is 0.0692. The Kier molecular flexibility index (Phi) is 5.04. The summed E-state index contributed by atoms with van der Waals surface area (Å²) in [4.78, 5) is 20.1. The summed E-state index contributed by atoms with van der Waals surface area (Å²) in [5.41, 5.74) is 0.755. The molecule has 0 bridgehead atoms. The van der Waals surface area contributed by atoms with Crippen LogP contribution in [0.3, 0.4) is 0 Å². The molecule has 1 aromatic carbocycles. The summed E-state index contributed by atoms with van der Waals surface area (Å²) in [6.07, 6.45) is 2.33. The van der Waals surface area contributed by atoms with Crippen LogP contribution in [-0.2, 0) is 11.2 Å². The zero-order valence-corrected chi connectivity index (χ0v) is 15.7. The van der Waals surface area contributed by atoms with Gasteiger partial charge in [0.2, 0.25) is 17.6 Å². The molecule has 0 radical (unpaired) electrons. The van der Waals surface area contributed by atoms with Crippen molar-refractivity contribution in [3.63, 3.8) is 0 Å². The van der Waals surface area contributed by atoms with Crippen molar-refractivity contribution in [1.29, 1.82) is 0 Å². The summed E-state index contributed by atoms with van der Waals surface area (Å²) in [7, 11) is 0. The van der Waals surface area contributed by atoms with Crippen molar-refractivity contribution < 1.29 is 9.32 Å². The molecule has 1 saturated heterocycles. The van der Waals surface area contributed by atoms with Crippen molar-refractivity contribution in [2.24, 2.45) is 0 Å². The van der Waals surface area contributed by atoms with Gasteiger partial charge in [-0.1, -0.05) is 35.0 Å². The van der Waals surface area contributed by atoms with Crippen LogP contribution >= 0.6 is 22.9 Å². The Morgan fingerprint density at radius 2 is 2.19 bits per heavy atom. The summed E-state index contributed by atoms with van der Waals surface area (Å²) in [6.45, 7) is 1.40. The summed E-state index contributed by atoms with van der Waals surface area (Å²) in [6, 6.07) is 11.4. The number of likely N-dealkylation sites (tertiary alicyclic amines) is 1. The number of benzene rings is 1. The van der Waals surface area contributed by atoms with E-state index in [2.05, 4.69) is 10.1 Å². The SMILES string of the molecule is O=C(Cc1cccs1)N1CCC[C@@H](c2nc(-c3ccccc3Cl)no2)C1. The van der Waals surface area contributed by atoms with Gasteiger partial charge in [0.15, 0.2) is 0 Å². The Morgan fingerprint density at radius 3 is 3.00 bits per heavy atom. The number of carbonyl (C=O) groups excluding carboxylic acids is 1. The van der Waals surface area contributed by atoms with E-state index in [-0.39, 0.29) is 11.8 Å². The third-order valence-corrected chi connectivity index (χ3v) is 5.79. The molecule has 3 heterocycles. The van der Waals surface area contributed by atoms with Crippen molar-refractivity contribution in [2.75, 3.05) is 13.1 Å². The largest absolute Gasteiger partial charge is 0.342 e. The van der Waals surface area contributed by atoms with E-state index in [1.165, 1.54) is 0 Å². The molecule has 0 unspecified atom stereocenters. The van der Waals surface area contributed by atoms with Crippen molar-refractivity contribution in [1.82, 2.24) is 15.0 Å². The lowest BCUT2D eigenvalue weighted by molar-refractivity contribution is -0.131. The van der Waals surface area contributed by atoms with E-state index in [1.54, 1.807) is 17.4 Å². The number of aromatic nitrogens is 2. The van der Waals surface area contributed by atoms with Gasteiger partial charge < -0.3 is 9.42 Å². The number of rotatable bonds is 4. The smallest absolute Gasteiger partial charge is 0.231 e. The lowest BCUT2D eigenvalue weighted by Crippen LogP contribution is -2.39. The lowest BCUT2D eigenvalue weighted by Gasteiger charge is -2.31. The molecule has 4 rings (SSSR count). The Balaban J connectivity index is 1.46. The second-order valence-electron chi connectivity index (χ2n) is 6.37. The summed E-state index contributed by atoms with van der Waals surface area (Å²) in [5.74, 6) is 1.30. The fraction of sp³-hybridized carbons (Fsp3) is 0.316. The van der Waals surface area contributed by atoms with E-state index in [0.717, 1.165) is 29.8 Å². The molecular formula is C19H18ClN3O2S. The van der Waals surface area contributed by atoms with Gasteiger partial charge in [0.1, 0.15) is 0 Å². The minimum atomic E-state index is 0.0692. The third-order valence-electron chi connectivity index (χ3n) is 4.59. The average molecular weight is 388 g/mol. The highest BCUT2D eigenvalue weighted by Gasteiger charge is 2.29. The number of nitrogens with zero attached hydrogens (tertiary/aromatic N) is 3. The fourth-order valence-corrected chi connectivity index (χ4v) is 4.15. The molecule has 134 valence electrons. The normalized spacial score (nSPS) is 17.4. The zero-order valence-electron chi connectivity index (χ0n) is 14.1. The molecule has 0 aliphatic carbocycles. The molecule has 0 saturated carbocycles. The van der Waals surface area contributed by atoms with Crippen LogP contribution in [0, 0.1) is 0 Å². The number of piperidine rings is 1. The Labute approximate surface area is 160 Å². The Morgan fingerprint density at radius 1 is 1.31 bits per heavy atom. The summed E-state index contributed by atoms with van der Waals surface area (Å²) in [5, 5.41) is 6.67. The highest BCUT2D eigenvalue weighted by Crippen LogP contribution is 2.30. The molecule has 0 N–H and O–H groups in total. The number of thiophene rings is 1. The van der Waals surface area contributed by atoms with Crippen LogP contribution in [0.5, 0.6) is 0 Å². The van der Waals surface area contributed by atoms with Crippen LogP contribution < -0.4 is 0 Å². The first-order chi connectivity index (χ1) is 12.7. The molecule has 7 heteroatoms. The Hall–Kier alpha value is -2.18. The number of hydrogen-bond acceptors (Lipinski definition) is 5. The van der Waals surface area contributed by atoms with Gasteiger partial charge in [-0.15, -0.1) is 11.3 Å². The monoisotopic (exact) mass is 387 g/mol. The number of carbonyl (C=O) groups is 1. The van der Waals surface area contributed by atoms with Gasteiger partial charge in [-0.3, -0.25) is 4.79 Å². The third kappa shape index (κ3) is 3.66. The van der Waals surface area contributed by atoms with Gasteiger partial charge in [0, 0.05) is 23.5 Å². The standard InChI is InChI=1S/C19H18ClN3O2S/c20-16-8-2-1-7-15(16)18-21-19(25-22-18)13-5-3-9-23(12-13)17(24)11-14-6-4-10-26-14/h1-2,4,6-8,10,13H,3,5,9,11-12H2/t13-/m1/s1. The lowest BCUT2D eigenvalue weighted by atomic mass is 9.97. The molecule has 1 amide bonds. The average Bonchev–Trinajstić information content (AvgIpc) is 3.34. The van der Waals surface area contributed by atoms with E-state index in [4.69, 9.17) is 16.1 Å². The van der Waals surface area contributed by atoms with Gasteiger partial charge in [0.05, 0.1) is 17.4 Å². The maximum atomic E-state index is 12.6. The predicted octanol–water partition coefficient (Wildman–Crippen LogP) is 4.40. The maximum absolute atomic E-state index is 12.6. The first-order valence-corrected chi connectivity index (χ1v) is 9.85. The van der Waals surface area contributed by atoms with Crippen LogP contribution in [0.15, 0.2) is 46.3 Å². The topological polar surface area (TPSA) is 59.2 Å². The molecule has 2 aromatic heterocycles. The first kappa shape index (κ1) is 17.2. The molecule has 5 nitrogen and oxygen atoms in total. The van der Waals surface area contributed by atoms with Crippen molar-refractivity contribution in [3.05, 3.63) is 57.6 Å². The maximum Gasteiger partial charge on any atom is 0.231 e. The molecule has 1 atom stereocenters. The predicted molar refractivity (Wildman–Crippen MR) is 101 cm³/mol. The minimum Gasteiger partial charge on any atom is -0.342 e. The van der Waals surface area contributed by atoms with Crippen LogP contribution in [0.2, 0.25) is 5.02 Å². The van der Waals surface area contributed by atoms with Crippen molar-refractivity contribution in [2.45, 2.75) is 25.2 Å². The van der Waals surface area contributed by atoms with Gasteiger partial charge in [-0.05, 0) is 36.4 Å². The van der Waals surface area contributed by atoms with Crippen LogP contribution in [0.4, 0.5) is 0 Å². The zero-order chi connectivity index (χ0) is 17.9. The van der Waals surface area contributed by atoms with Crippen LogP contribution in [0.1, 0.15) is 29.5 Å². The summed E-state index contributed by atoms with van der Waals surface area (Å²) < 4.78 is 5.49. The van der Waals surface area contributed by atoms with Crippen molar-refractivity contribution in [3.8, 4) is 11.4 Å². The molecular weight excluding hydrogens is 370 g/mol. The number of halogens is 1. The Bertz CT molecular complexity index is 894. The van der Waals surface area contributed by atoms with E-state index in [1.807, 2.05) is 40.6 Å². The van der Waals surface area contributed by atoms with Crippen LogP contribution in [-0.4, -0.2) is 34.0 Å². The van der Waals surface area contributed by atoms with Gasteiger partial charge >= 0.3 is 0 Å². The summed E-state index contributed by atoms with van der Waals surface area (Å²) >= 11 is 7.83. The van der Waals surface area contributed by atoms with E-state index < -0.39 is 0 Å². The molecule has 1 fully saturated rings. The van der Waals surface area contributed by atoms with Gasteiger partial charge in [0.25, 0.3) is 0 Å². The second kappa shape index (κ2) is 7.60. The fourth-order valence-electron chi connectivity index (χ4n) is 3.23. The molecule has 26 heavy (non-hydrogen) atoms. The van der Waals surface area contributed by atoms with Crippen LogP contribution in [0.25, 0.3) is 11.4 Å². The first-order valence-electron chi connectivity index (χ1n) is 8.59. The number of hydrogen-bond donors (Lipinski definition) is 0. The highest BCUT2D eigenvalue weighted by molar-refractivity contribution is 7.10. The molecule has 1 aliphatic rings. The quantitative estimate of drug-likeness (QED) is 0.665. The van der Waals surface area contributed by atoms with E-state index in [9.17, 15) is 4.79 Å². The van der Waals surface area contributed by atoms with E-state index in [0.29, 0.717) is 29.7 Å². The molecule has 0 spiro atoms. The van der Waals surface area contributed by atoms with Gasteiger partial charge in [-0.2, -0.15) is 4.98 Å². The number of amides is 1.